The molecule has 0 amide bonds. The van der Waals surface area contributed by atoms with Gasteiger partial charge in [-0.3, -0.25) is 0 Å². The molecule has 32 heavy (non-hydrogen) atoms. The van der Waals surface area contributed by atoms with E-state index in [9.17, 15) is 0 Å². The average molecular weight is 475 g/mol. The van der Waals surface area contributed by atoms with Gasteiger partial charge in [0.25, 0.3) is 0 Å². The molecule has 7 heteroatoms. The second-order valence-electron chi connectivity index (χ2n) is 8.29. The van der Waals surface area contributed by atoms with Gasteiger partial charge < -0.3 is 14.2 Å². The van der Waals surface area contributed by atoms with Gasteiger partial charge in [-0.05, 0) is 42.7 Å². The predicted octanol–water partition coefficient (Wildman–Crippen LogP) is 6.49. The van der Waals surface area contributed by atoms with Crippen molar-refractivity contribution in [2.45, 2.75) is 55.0 Å². The molecular formula is C25H31ClN2O3S. The van der Waals surface area contributed by atoms with E-state index in [4.69, 9.17) is 35.8 Å². The molecule has 0 radical (unpaired) electrons. The molecule has 2 aromatic rings. The number of hydrogen-bond donors (Lipinski definition) is 0. The number of aliphatic imine (C=N–C) groups is 2. The maximum atomic E-state index is 6.78. The van der Waals surface area contributed by atoms with Gasteiger partial charge in [-0.25, -0.2) is 9.98 Å². The fourth-order valence-corrected chi connectivity index (χ4v) is 5.23. The van der Waals surface area contributed by atoms with Crippen molar-refractivity contribution < 1.29 is 14.2 Å². The van der Waals surface area contributed by atoms with Gasteiger partial charge >= 0.3 is 0 Å². The maximum absolute atomic E-state index is 6.78. The van der Waals surface area contributed by atoms with Crippen LogP contribution in [-0.4, -0.2) is 44.7 Å². The Labute approximate surface area is 200 Å². The summed E-state index contributed by atoms with van der Waals surface area (Å²) in [4.78, 5) is 11.9. The summed E-state index contributed by atoms with van der Waals surface area (Å²) in [6, 6.07) is 13.9. The summed E-state index contributed by atoms with van der Waals surface area (Å²) in [7, 11) is 4.96. The predicted molar refractivity (Wildman–Crippen MR) is 133 cm³/mol. The Morgan fingerprint density at radius 2 is 1.72 bits per heavy atom. The van der Waals surface area contributed by atoms with Crippen molar-refractivity contribution in [3.8, 4) is 5.75 Å². The SMILES string of the molecule is COC1=N[C@@](C)(C(C)c2ccc(Sc3ccccc3OC)cc2Cl)C(OC)=N[C@@H]1C(C)C. The number of nitrogens with zero attached hydrogens (tertiary/aromatic N) is 2. The van der Waals surface area contributed by atoms with E-state index < -0.39 is 5.54 Å². The van der Waals surface area contributed by atoms with E-state index in [1.54, 1.807) is 33.1 Å². The van der Waals surface area contributed by atoms with Gasteiger partial charge in [0.1, 0.15) is 17.3 Å². The van der Waals surface area contributed by atoms with Crippen molar-refractivity contribution >= 4 is 35.2 Å². The van der Waals surface area contributed by atoms with Gasteiger partial charge in [0.05, 0.1) is 26.2 Å². The largest absolute Gasteiger partial charge is 0.496 e. The molecule has 2 aromatic carbocycles. The van der Waals surface area contributed by atoms with Crippen LogP contribution >= 0.6 is 23.4 Å². The topological polar surface area (TPSA) is 52.4 Å². The van der Waals surface area contributed by atoms with Crippen molar-refractivity contribution in [1.29, 1.82) is 0 Å². The van der Waals surface area contributed by atoms with Gasteiger partial charge in [-0.1, -0.05) is 62.3 Å². The highest BCUT2D eigenvalue weighted by molar-refractivity contribution is 7.99. The van der Waals surface area contributed by atoms with E-state index in [0.29, 0.717) is 16.8 Å². The molecule has 1 heterocycles. The first kappa shape index (κ1) is 24.5. The molecular weight excluding hydrogens is 444 g/mol. The molecule has 3 rings (SSSR count). The third-order valence-electron chi connectivity index (χ3n) is 5.90. The molecule has 0 spiro atoms. The number of methoxy groups -OCH3 is 3. The summed E-state index contributed by atoms with van der Waals surface area (Å²) in [6.07, 6.45) is 0. The van der Waals surface area contributed by atoms with Crippen LogP contribution in [0.5, 0.6) is 5.75 Å². The lowest BCUT2D eigenvalue weighted by Crippen LogP contribution is -2.47. The van der Waals surface area contributed by atoms with Crippen LogP contribution in [-0.2, 0) is 9.47 Å². The smallest absolute Gasteiger partial charge is 0.213 e. The van der Waals surface area contributed by atoms with Crippen molar-refractivity contribution in [1.82, 2.24) is 0 Å². The van der Waals surface area contributed by atoms with Crippen LogP contribution in [0.4, 0.5) is 0 Å². The molecule has 172 valence electrons. The Bertz CT molecular complexity index is 1020. The number of halogens is 1. The molecule has 0 saturated heterocycles. The van der Waals surface area contributed by atoms with Gasteiger partial charge in [0.15, 0.2) is 0 Å². The zero-order valence-electron chi connectivity index (χ0n) is 19.7. The zero-order valence-corrected chi connectivity index (χ0v) is 21.3. The van der Waals surface area contributed by atoms with Crippen molar-refractivity contribution in [3.05, 3.63) is 53.1 Å². The number of para-hydroxylation sites is 1. The Kier molecular flexibility index (Phi) is 7.78. The molecule has 0 aliphatic carbocycles. The van der Waals surface area contributed by atoms with Crippen molar-refractivity contribution in [2.24, 2.45) is 15.9 Å². The summed E-state index contributed by atoms with van der Waals surface area (Å²) >= 11 is 8.40. The summed E-state index contributed by atoms with van der Waals surface area (Å²) in [5.41, 5.74) is 0.248. The number of hydrogen-bond acceptors (Lipinski definition) is 6. The van der Waals surface area contributed by atoms with Crippen molar-refractivity contribution in [3.63, 3.8) is 0 Å². The van der Waals surface area contributed by atoms with E-state index in [1.165, 1.54) is 0 Å². The number of ether oxygens (including phenoxy) is 3. The van der Waals surface area contributed by atoms with E-state index >= 15 is 0 Å². The molecule has 1 unspecified atom stereocenters. The normalized spacial score (nSPS) is 21.6. The van der Waals surface area contributed by atoms with E-state index in [-0.39, 0.29) is 17.9 Å². The molecule has 1 aliphatic heterocycles. The quantitative estimate of drug-likeness (QED) is 0.480. The highest BCUT2D eigenvalue weighted by atomic mass is 35.5. The minimum absolute atomic E-state index is 0.0859. The number of benzene rings is 2. The molecule has 1 aliphatic rings. The Hall–Kier alpha value is -2.18. The second kappa shape index (κ2) is 10.2. The maximum Gasteiger partial charge on any atom is 0.213 e. The van der Waals surface area contributed by atoms with Gasteiger partial charge in [-0.15, -0.1) is 0 Å². The van der Waals surface area contributed by atoms with Crippen LogP contribution in [0, 0.1) is 5.92 Å². The summed E-state index contributed by atoms with van der Waals surface area (Å²) in [6.45, 7) is 8.30. The third kappa shape index (κ3) is 4.76. The van der Waals surface area contributed by atoms with Gasteiger partial charge in [-0.2, -0.15) is 0 Å². The molecule has 5 nitrogen and oxygen atoms in total. The second-order valence-corrected chi connectivity index (χ2v) is 9.81. The molecule has 0 fully saturated rings. The number of rotatable bonds is 6. The van der Waals surface area contributed by atoms with Crippen LogP contribution < -0.4 is 4.74 Å². The average Bonchev–Trinajstić information content (AvgIpc) is 2.78. The lowest BCUT2D eigenvalue weighted by molar-refractivity contribution is 0.297. The van der Waals surface area contributed by atoms with E-state index in [0.717, 1.165) is 21.1 Å². The summed E-state index contributed by atoms with van der Waals surface area (Å²) in [5, 5.41) is 0.675. The molecule has 3 atom stereocenters. The van der Waals surface area contributed by atoms with Crippen LogP contribution in [0.25, 0.3) is 0 Å². The van der Waals surface area contributed by atoms with Crippen molar-refractivity contribution in [2.75, 3.05) is 21.3 Å². The highest BCUT2D eigenvalue weighted by Gasteiger charge is 2.45. The molecule has 0 saturated carbocycles. The fourth-order valence-electron chi connectivity index (χ4n) is 3.85. The van der Waals surface area contributed by atoms with Gasteiger partial charge in [0, 0.05) is 15.8 Å². The van der Waals surface area contributed by atoms with Crippen LogP contribution in [0.15, 0.2) is 62.2 Å². The summed E-state index contributed by atoms with van der Waals surface area (Å²) < 4.78 is 16.8. The minimum Gasteiger partial charge on any atom is -0.496 e. The Morgan fingerprint density at radius 1 is 1.00 bits per heavy atom. The van der Waals surface area contributed by atoms with Crippen LogP contribution in [0.3, 0.4) is 0 Å². The monoisotopic (exact) mass is 474 g/mol. The van der Waals surface area contributed by atoms with E-state index in [1.807, 2.05) is 37.3 Å². The van der Waals surface area contributed by atoms with Gasteiger partial charge in [0.2, 0.25) is 11.8 Å². The first-order valence-electron chi connectivity index (χ1n) is 10.6. The lowest BCUT2D eigenvalue weighted by atomic mass is 9.80. The fraction of sp³-hybridized carbons (Fsp3) is 0.440. The summed E-state index contributed by atoms with van der Waals surface area (Å²) in [5.74, 6) is 2.20. The standard InChI is InChI=1S/C25H31ClN2O3S/c1-15(2)22-23(30-6)28-25(4,24(27-22)31-7)16(3)18-13-12-17(14-19(18)26)32-21-11-9-8-10-20(21)29-5/h8-16,22H,1-7H3/t16?,22-,25+/m1/s1. The molecule has 0 aromatic heterocycles. The highest BCUT2D eigenvalue weighted by Crippen LogP contribution is 2.42. The lowest BCUT2D eigenvalue weighted by Gasteiger charge is -2.38. The molecule has 0 N–H and O–H groups in total. The first-order chi connectivity index (χ1) is 15.2. The van der Waals surface area contributed by atoms with Crippen LogP contribution in [0.1, 0.15) is 39.2 Å². The van der Waals surface area contributed by atoms with Crippen LogP contribution in [0.2, 0.25) is 5.02 Å². The molecule has 0 bridgehead atoms. The third-order valence-corrected chi connectivity index (χ3v) is 7.27. The first-order valence-corrected chi connectivity index (χ1v) is 11.8. The zero-order chi connectivity index (χ0) is 23.5. The Balaban J connectivity index is 1.93. The Morgan fingerprint density at radius 3 is 2.31 bits per heavy atom. The van der Waals surface area contributed by atoms with E-state index in [2.05, 4.69) is 32.9 Å². The minimum atomic E-state index is -0.730.